The summed E-state index contributed by atoms with van der Waals surface area (Å²) in [6.45, 7) is 0.698. The molecular formula is C15H22ClNO3. The van der Waals surface area contributed by atoms with Gasteiger partial charge >= 0.3 is 0 Å². The summed E-state index contributed by atoms with van der Waals surface area (Å²) in [6.07, 6.45) is 3.77. The van der Waals surface area contributed by atoms with Gasteiger partial charge in [-0.05, 0) is 30.9 Å². The molecule has 2 unspecified atom stereocenters. The summed E-state index contributed by atoms with van der Waals surface area (Å²) in [6, 6.07) is 4.24. The average molecular weight is 300 g/mol. The SMILES string of the molecule is COc1ccc(CNC2CCCC2OC)c(Cl)c1OC. The Morgan fingerprint density at radius 1 is 1.20 bits per heavy atom. The minimum absolute atomic E-state index is 0.300. The van der Waals surface area contributed by atoms with E-state index in [1.807, 2.05) is 12.1 Å². The molecule has 4 nitrogen and oxygen atoms in total. The Hall–Kier alpha value is -0.970. The van der Waals surface area contributed by atoms with E-state index in [1.54, 1.807) is 21.3 Å². The van der Waals surface area contributed by atoms with Crippen LogP contribution in [0.25, 0.3) is 0 Å². The predicted molar refractivity (Wildman–Crippen MR) is 79.8 cm³/mol. The van der Waals surface area contributed by atoms with Crippen molar-refractivity contribution in [2.45, 2.75) is 38.0 Å². The van der Waals surface area contributed by atoms with Crippen LogP contribution in [0, 0.1) is 0 Å². The molecule has 1 saturated carbocycles. The molecule has 5 heteroatoms. The number of hydrogen-bond acceptors (Lipinski definition) is 4. The number of hydrogen-bond donors (Lipinski definition) is 1. The summed E-state index contributed by atoms with van der Waals surface area (Å²) in [5, 5.41) is 4.13. The molecule has 2 atom stereocenters. The fourth-order valence-corrected chi connectivity index (χ4v) is 3.05. The van der Waals surface area contributed by atoms with Crippen molar-refractivity contribution in [3.05, 3.63) is 22.7 Å². The van der Waals surface area contributed by atoms with Crippen molar-refractivity contribution in [3.8, 4) is 11.5 Å². The highest BCUT2D eigenvalue weighted by Crippen LogP contribution is 2.37. The van der Waals surface area contributed by atoms with Gasteiger partial charge < -0.3 is 19.5 Å². The summed E-state index contributed by atoms with van der Waals surface area (Å²) < 4.78 is 16.0. The second-order valence-electron chi connectivity index (χ2n) is 4.97. The molecule has 1 N–H and O–H groups in total. The summed E-state index contributed by atoms with van der Waals surface area (Å²) in [5.74, 6) is 1.24. The average Bonchev–Trinajstić information content (AvgIpc) is 2.93. The number of nitrogens with one attached hydrogen (secondary N) is 1. The smallest absolute Gasteiger partial charge is 0.179 e. The molecule has 1 aliphatic rings. The Labute approximate surface area is 125 Å². The van der Waals surface area contributed by atoms with E-state index >= 15 is 0 Å². The molecule has 0 radical (unpaired) electrons. The summed E-state index contributed by atoms with van der Waals surface area (Å²) in [4.78, 5) is 0. The van der Waals surface area contributed by atoms with Crippen LogP contribution >= 0.6 is 11.6 Å². The van der Waals surface area contributed by atoms with Crippen molar-refractivity contribution in [1.82, 2.24) is 5.32 Å². The molecule has 0 saturated heterocycles. The van der Waals surface area contributed by atoms with Gasteiger partial charge in [-0.15, -0.1) is 0 Å². The molecule has 1 aromatic carbocycles. The van der Waals surface area contributed by atoms with E-state index in [0.717, 1.165) is 18.4 Å². The van der Waals surface area contributed by atoms with Gasteiger partial charge in [-0.3, -0.25) is 0 Å². The highest BCUT2D eigenvalue weighted by Gasteiger charge is 2.26. The van der Waals surface area contributed by atoms with Gasteiger partial charge in [0.05, 0.1) is 25.3 Å². The Morgan fingerprint density at radius 2 is 2.00 bits per heavy atom. The lowest BCUT2D eigenvalue weighted by Gasteiger charge is -2.20. The lowest BCUT2D eigenvalue weighted by molar-refractivity contribution is 0.0847. The summed E-state index contributed by atoms with van der Waals surface area (Å²) >= 11 is 6.37. The molecule has 1 aliphatic carbocycles. The van der Waals surface area contributed by atoms with Gasteiger partial charge in [-0.25, -0.2) is 0 Å². The zero-order chi connectivity index (χ0) is 14.5. The molecular weight excluding hydrogens is 278 g/mol. The van der Waals surface area contributed by atoms with Crippen molar-refractivity contribution in [2.24, 2.45) is 0 Å². The summed E-state index contributed by atoms with van der Waals surface area (Å²) in [7, 11) is 4.97. The Bertz CT molecular complexity index is 453. The lowest BCUT2D eigenvalue weighted by Crippen LogP contribution is -2.36. The Morgan fingerprint density at radius 3 is 2.65 bits per heavy atom. The van der Waals surface area contributed by atoms with E-state index in [-0.39, 0.29) is 0 Å². The van der Waals surface area contributed by atoms with Crippen molar-refractivity contribution in [3.63, 3.8) is 0 Å². The molecule has 1 aromatic rings. The fraction of sp³-hybridized carbons (Fsp3) is 0.600. The van der Waals surface area contributed by atoms with Crippen molar-refractivity contribution in [1.29, 1.82) is 0 Å². The maximum absolute atomic E-state index is 6.37. The number of benzene rings is 1. The van der Waals surface area contributed by atoms with Gasteiger partial charge in [-0.2, -0.15) is 0 Å². The van der Waals surface area contributed by atoms with Crippen LogP contribution in [0.15, 0.2) is 12.1 Å². The molecule has 1 fully saturated rings. The van der Waals surface area contributed by atoms with Gasteiger partial charge in [-0.1, -0.05) is 17.7 Å². The first kappa shape index (κ1) is 15.4. The zero-order valence-corrected chi connectivity index (χ0v) is 13.0. The summed E-state index contributed by atoms with van der Waals surface area (Å²) in [5.41, 5.74) is 1.01. The molecule has 0 amide bonds. The highest BCUT2D eigenvalue weighted by molar-refractivity contribution is 6.33. The van der Waals surface area contributed by atoms with Crippen LogP contribution in [0.2, 0.25) is 5.02 Å². The molecule has 20 heavy (non-hydrogen) atoms. The fourth-order valence-electron chi connectivity index (χ4n) is 2.75. The first-order valence-corrected chi connectivity index (χ1v) is 7.24. The Kier molecular flexibility index (Phi) is 5.52. The van der Waals surface area contributed by atoms with Gasteiger partial charge in [0.1, 0.15) is 0 Å². The van der Waals surface area contributed by atoms with Crippen molar-refractivity contribution in [2.75, 3.05) is 21.3 Å². The molecule has 0 aromatic heterocycles. The van der Waals surface area contributed by atoms with Crippen molar-refractivity contribution >= 4 is 11.6 Å². The predicted octanol–water partition coefficient (Wildman–Crippen LogP) is 3.01. The largest absolute Gasteiger partial charge is 0.493 e. The second-order valence-corrected chi connectivity index (χ2v) is 5.34. The number of rotatable bonds is 6. The molecule has 0 heterocycles. The van der Waals surface area contributed by atoms with Crippen LogP contribution in [0.5, 0.6) is 11.5 Å². The standard InChI is InChI=1S/C15H22ClNO3/c1-18-12-6-4-5-11(12)17-9-10-7-8-13(19-2)15(20-3)14(10)16/h7-8,11-12,17H,4-6,9H2,1-3H3. The first-order valence-electron chi connectivity index (χ1n) is 6.86. The van der Waals surface area contributed by atoms with Crippen LogP contribution in [0.3, 0.4) is 0 Å². The van der Waals surface area contributed by atoms with E-state index in [1.165, 1.54) is 6.42 Å². The maximum Gasteiger partial charge on any atom is 0.179 e. The van der Waals surface area contributed by atoms with E-state index in [4.69, 9.17) is 25.8 Å². The normalized spacial score (nSPS) is 22.0. The van der Waals surface area contributed by atoms with Crippen LogP contribution in [-0.4, -0.2) is 33.5 Å². The zero-order valence-electron chi connectivity index (χ0n) is 12.2. The van der Waals surface area contributed by atoms with E-state index in [2.05, 4.69) is 5.32 Å². The van der Waals surface area contributed by atoms with Crippen LogP contribution in [-0.2, 0) is 11.3 Å². The lowest BCUT2D eigenvalue weighted by atomic mass is 10.1. The highest BCUT2D eigenvalue weighted by atomic mass is 35.5. The quantitative estimate of drug-likeness (QED) is 0.876. The third-order valence-corrected chi connectivity index (χ3v) is 4.29. The van der Waals surface area contributed by atoms with Gasteiger partial charge in [0.2, 0.25) is 0 Å². The number of methoxy groups -OCH3 is 3. The van der Waals surface area contributed by atoms with Crippen LogP contribution < -0.4 is 14.8 Å². The van der Waals surface area contributed by atoms with E-state index < -0.39 is 0 Å². The van der Waals surface area contributed by atoms with Crippen LogP contribution in [0.1, 0.15) is 24.8 Å². The maximum atomic E-state index is 6.37. The minimum Gasteiger partial charge on any atom is -0.493 e. The van der Waals surface area contributed by atoms with Gasteiger partial charge in [0.15, 0.2) is 11.5 Å². The third kappa shape index (κ3) is 3.19. The first-order chi connectivity index (χ1) is 9.71. The third-order valence-electron chi connectivity index (χ3n) is 3.88. The monoisotopic (exact) mass is 299 g/mol. The number of ether oxygens (including phenoxy) is 3. The molecule has 0 spiro atoms. The van der Waals surface area contributed by atoms with E-state index in [9.17, 15) is 0 Å². The Balaban J connectivity index is 2.06. The molecule has 0 aliphatic heterocycles. The van der Waals surface area contributed by atoms with E-state index in [0.29, 0.717) is 35.2 Å². The second kappa shape index (κ2) is 7.16. The van der Waals surface area contributed by atoms with Gasteiger partial charge in [0.25, 0.3) is 0 Å². The van der Waals surface area contributed by atoms with Gasteiger partial charge in [0, 0.05) is 19.7 Å². The molecule has 0 bridgehead atoms. The topological polar surface area (TPSA) is 39.7 Å². The number of halogens is 1. The van der Waals surface area contributed by atoms with Crippen molar-refractivity contribution < 1.29 is 14.2 Å². The molecule has 112 valence electrons. The minimum atomic E-state index is 0.300. The molecule has 2 rings (SSSR count). The van der Waals surface area contributed by atoms with Crippen LogP contribution in [0.4, 0.5) is 0 Å².